The van der Waals surface area contributed by atoms with E-state index in [0.717, 1.165) is 12.1 Å². The molecule has 0 aliphatic heterocycles. The number of carbonyl (C=O) groups is 1. The third-order valence-corrected chi connectivity index (χ3v) is 2.61. The van der Waals surface area contributed by atoms with E-state index in [2.05, 4.69) is 24.0 Å². The Balaban J connectivity index is 2.21. The monoisotopic (exact) mass is 230 g/mol. The second-order valence-electron chi connectivity index (χ2n) is 3.86. The molecule has 2 rings (SSSR count). The molecule has 0 atom stereocenters. The normalized spacial score (nSPS) is 10.4. The van der Waals surface area contributed by atoms with Crippen LogP contribution in [0, 0.1) is 0 Å². The molecule has 0 fully saturated rings. The van der Waals surface area contributed by atoms with E-state index in [0.29, 0.717) is 5.69 Å². The summed E-state index contributed by atoms with van der Waals surface area (Å²) in [6.07, 6.45) is 4.35. The fourth-order valence-electron chi connectivity index (χ4n) is 1.65. The molecule has 0 amide bonds. The van der Waals surface area contributed by atoms with Gasteiger partial charge in [0.25, 0.3) is 0 Å². The largest absolute Gasteiger partial charge is 0.481 e. The summed E-state index contributed by atoms with van der Waals surface area (Å²) in [6.45, 7) is 2.11. The van der Waals surface area contributed by atoms with Crippen LogP contribution in [0.2, 0.25) is 0 Å². The number of rotatable bonds is 4. The highest BCUT2D eigenvalue weighted by Gasteiger charge is 2.04. The molecule has 4 heteroatoms. The molecular weight excluding hydrogens is 216 g/mol. The maximum Gasteiger partial charge on any atom is 0.309 e. The topological polar surface area (TPSA) is 55.1 Å². The third-order valence-electron chi connectivity index (χ3n) is 2.61. The van der Waals surface area contributed by atoms with Gasteiger partial charge in [0.2, 0.25) is 0 Å². The molecule has 1 N–H and O–H groups in total. The highest BCUT2D eigenvalue weighted by Crippen LogP contribution is 2.11. The molecule has 4 nitrogen and oxygen atoms in total. The number of hydrogen-bond acceptors (Lipinski definition) is 2. The average molecular weight is 230 g/mol. The molecule has 1 heterocycles. The van der Waals surface area contributed by atoms with Gasteiger partial charge in [-0.1, -0.05) is 19.1 Å². The Bertz CT molecular complexity index is 514. The molecule has 1 aromatic heterocycles. The molecule has 0 aliphatic rings. The van der Waals surface area contributed by atoms with Crippen molar-refractivity contribution < 1.29 is 9.90 Å². The van der Waals surface area contributed by atoms with Crippen molar-refractivity contribution in [1.82, 2.24) is 9.55 Å². The lowest BCUT2D eigenvalue weighted by Gasteiger charge is -2.02. The van der Waals surface area contributed by atoms with Gasteiger partial charge in [-0.25, -0.2) is 4.98 Å². The predicted octanol–water partition coefficient (Wildman–Crippen LogP) is 2.06. The van der Waals surface area contributed by atoms with E-state index in [1.807, 2.05) is 16.7 Å². The van der Waals surface area contributed by atoms with Gasteiger partial charge in [-0.3, -0.25) is 4.79 Å². The van der Waals surface area contributed by atoms with Gasteiger partial charge < -0.3 is 9.67 Å². The second-order valence-corrected chi connectivity index (χ2v) is 3.86. The van der Waals surface area contributed by atoms with E-state index < -0.39 is 5.97 Å². The summed E-state index contributed by atoms with van der Waals surface area (Å²) in [5.41, 5.74) is 2.84. The van der Waals surface area contributed by atoms with Crippen molar-refractivity contribution >= 4 is 5.97 Å². The molecule has 0 saturated heterocycles. The summed E-state index contributed by atoms with van der Waals surface area (Å²) in [5, 5.41) is 8.67. The molecule has 0 radical (unpaired) electrons. The fraction of sp³-hybridized carbons (Fsp3) is 0.231. The first-order valence-corrected chi connectivity index (χ1v) is 5.53. The van der Waals surface area contributed by atoms with Crippen LogP contribution in [-0.2, 0) is 17.6 Å². The number of carboxylic acid groups (broad SMARTS) is 1. The molecule has 0 unspecified atom stereocenters. The first-order chi connectivity index (χ1) is 8.19. The Morgan fingerprint density at radius 2 is 2.06 bits per heavy atom. The maximum atomic E-state index is 10.5. The zero-order valence-electron chi connectivity index (χ0n) is 9.63. The van der Waals surface area contributed by atoms with Gasteiger partial charge in [-0.15, -0.1) is 0 Å². The molecule has 0 aliphatic carbocycles. The zero-order chi connectivity index (χ0) is 12.3. The van der Waals surface area contributed by atoms with Crippen LogP contribution >= 0.6 is 0 Å². The molecule has 2 aromatic rings. The Labute approximate surface area is 99.5 Å². The van der Waals surface area contributed by atoms with Crippen LogP contribution in [0.3, 0.4) is 0 Å². The molecule has 88 valence electrons. The second kappa shape index (κ2) is 4.82. The number of nitrogens with zero attached hydrogens (tertiary/aromatic N) is 2. The van der Waals surface area contributed by atoms with Crippen LogP contribution in [0.5, 0.6) is 0 Å². The van der Waals surface area contributed by atoms with Crippen LogP contribution in [0.15, 0.2) is 36.8 Å². The number of carboxylic acids is 1. The number of aryl methyl sites for hydroxylation is 1. The van der Waals surface area contributed by atoms with Gasteiger partial charge in [0.1, 0.15) is 0 Å². The van der Waals surface area contributed by atoms with Gasteiger partial charge in [-0.2, -0.15) is 0 Å². The molecule has 0 saturated carbocycles. The average Bonchev–Trinajstić information content (AvgIpc) is 2.77. The van der Waals surface area contributed by atoms with E-state index in [-0.39, 0.29) is 6.42 Å². The Morgan fingerprint density at radius 1 is 1.35 bits per heavy atom. The van der Waals surface area contributed by atoms with Crippen molar-refractivity contribution in [3.8, 4) is 5.69 Å². The van der Waals surface area contributed by atoms with Crippen LogP contribution in [-0.4, -0.2) is 20.6 Å². The lowest BCUT2D eigenvalue weighted by Crippen LogP contribution is -1.99. The van der Waals surface area contributed by atoms with Gasteiger partial charge in [0.15, 0.2) is 0 Å². The molecule has 1 aromatic carbocycles. The number of hydrogen-bond donors (Lipinski definition) is 1. The minimum Gasteiger partial charge on any atom is -0.481 e. The summed E-state index contributed by atoms with van der Waals surface area (Å²) in [5.74, 6) is -0.864. The Kier molecular flexibility index (Phi) is 3.23. The van der Waals surface area contributed by atoms with E-state index in [9.17, 15) is 4.79 Å². The summed E-state index contributed by atoms with van der Waals surface area (Å²) in [6, 6.07) is 8.13. The Hall–Kier alpha value is -2.10. The molecule has 0 bridgehead atoms. The van der Waals surface area contributed by atoms with Crippen molar-refractivity contribution in [2.75, 3.05) is 0 Å². The SMILES string of the molecule is CCc1ccc(-n2cnc(CC(=O)O)c2)cc1. The van der Waals surface area contributed by atoms with Crippen LogP contribution in [0.1, 0.15) is 18.2 Å². The standard InChI is InChI=1S/C13H14N2O2/c1-2-10-3-5-12(6-4-10)15-8-11(14-9-15)7-13(16)17/h3-6,8-9H,2,7H2,1H3,(H,16,17). The van der Waals surface area contributed by atoms with E-state index >= 15 is 0 Å². The molecule has 0 spiro atoms. The highest BCUT2D eigenvalue weighted by atomic mass is 16.4. The number of imidazole rings is 1. The fourth-order valence-corrected chi connectivity index (χ4v) is 1.65. The van der Waals surface area contributed by atoms with Crippen molar-refractivity contribution in [1.29, 1.82) is 0 Å². The third kappa shape index (κ3) is 2.72. The smallest absolute Gasteiger partial charge is 0.309 e. The van der Waals surface area contributed by atoms with Crippen LogP contribution < -0.4 is 0 Å². The van der Waals surface area contributed by atoms with E-state index in [4.69, 9.17) is 5.11 Å². The highest BCUT2D eigenvalue weighted by molar-refractivity contribution is 5.69. The Morgan fingerprint density at radius 3 is 2.65 bits per heavy atom. The predicted molar refractivity (Wildman–Crippen MR) is 64.3 cm³/mol. The quantitative estimate of drug-likeness (QED) is 0.874. The van der Waals surface area contributed by atoms with E-state index in [1.54, 1.807) is 12.5 Å². The number of benzene rings is 1. The summed E-state index contributed by atoms with van der Waals surface area (Å²) in [4.78, 5) is 14.6. The van der Waals surface area contributed by atoms with Gasteiger partial charge in [0, 0.05) is 11.9 Å². The summed E-state index contributed by atoms with van der Waals surface area (Å²) >= 11 is 0. The van der Waals surface area contributed by atoms with Gasteiger partial charge in [0.05, 0.1) is 18.4 Å². The lowest BCUT2D eigenvalue weighted by molar-refractivity contribution is -0.136. The van der Waals surface area contributed by atoms with Crippen molar-refractivity contribution in [2.24, 2.45) is 0 Å². The number of aliphatic carboxylic acids is 1. The molecular formula is C13H14N2O2. The van der Waals surface area contributed by atoms with Crippen LogP contribution in [0.25, 0.3) is 5.69 Å². The van der Waals surface area contributed by atoms with Crippen molar-refractivity contribution in [3.05, 3.63) is 48.0 Å². The number of aromatic nitrogens is 2. The van der Waals surface area contributed by atoms with Crippen molar-refractivity contribution in [3.63, 3.8) is 0 Å². The first kappa shape index (κ1) is 11.4. The zero-order valence-corrected chi connectivity index (χ0v) is 9.63. The van der Waals surface area contributed by atoms with E-state index in [1.165, 1.54) is 5.56 Å². The first-order valence-electron chi connectivity index (χ1n) is 5.53. The van der Waals surface area contributed by atoms with Gasteiger partial charge in [-0.05, 0) is 24.1 Å². The minimum absolute atomic E-state index is 0.0416. The maximum absolute atomic E-state index is 10.5. The minimum atomic E-state index is -0.864. The molecule has 17 heavy (non-hydrogen) atoms. The van der Waals surface area contributed by atoms with Crippen LogP contribution in [0.4, 0.5) is 0 Å². The van der Waals surface area contributed by atoms with Gasteiger partial charge >= 0.3 is 5.97 Å². The van der Waals surface area contributed by atoms with Crippen molar-refractivity contribution in [2.45, 2.75) is 19.8 Å². The summed E-state index contributed by atoms with van der Waals surface area (Å²) < 4.78 is 1.83. The summed E-state index contributed by atoms with van der Waals surface area (Å²) in [7, 11) is 0. The lowest BCUT2D eigenvalue weighted by atomic mass is 10.1.